The van der Waals surface area contributed by atoms with Crippen LogP contribution in [0.25, 0.3) is 0 Å². The predicted molar refractivity (Wildman–Crippen MR) is 122 cm³/mol. The topological polar surface area (TPSA) is 58.1 Å². The van der Waals surface area contributed by atoms with Gasteiger partial charge in [-0.15, -0.1) is 0 Å². The maximum Gasteiger partial charge on any atom is 0.224 e. The highest BCUT2D eigenvalue weighted by molar-refractivity contribution is 5.79. The third kappa shape index (κ3) is 5.98. The van der Waals surface area contributed by atoms with Gasteiger partial charge in [0.1, 0.15) is 0 Å². The molecule has 0 radical (unpaired) electrons. The Hall–Kier alpha value is -3.05. The summed E-state index contributed by atoms with van der Waals surface area (Å²) in [6.45, 7) is 4.91. The molecule has 0 spiro atoms. The smallest absolute Gasteiger partial charge is 0.224 e. The molecule has 0 saturated carbocycles. The number of hydrogen-bond acceptors (Lipinski definition) is 4. The Bertz CT molecular complexity index is 969. The van der Waals surface area contributed by atoms with E-state index in [1.54, 1.807) is 0 Å². The Morgan fingerprint density at radius 1 is 1.03 bits per heavy atom. The van der Waals surface area contributed by atoms with E-state index in [4.69, 9.17) is 0 Å². The normalized spacial score (nSPS) is 16.0. The van der Waals surface area contributed by atoms with Gasteiger partial charge in [-0.3, -0.25) is 19.7 Å². The minimum atomic E-state index is -0.0587. The van der Waals surface area contributed by atoms with E-state index in [1.165, 1.54) is 0 Å². The first kappa shape index (κ1) is 21.2. The maximum absolute atomic E-state index is 12.8. The number of hydrogen-bond donors (Lipinski definition) is 1. The highest BCUT2D eigenvalue weighted by Gasteiger charge is 2.29. The molecule has 0 bridgehead atoms. The SMILES string of the molecule is Cc1cccc(CN2CCC(C(NC(=O)Cc3ccccc3)c3ccccn3)CC2)n1. The van der Waals surface area contributed by atoms with Crippen LogP contribution in [0.2, 0.25) is 0 Å². The minimum absolute atomic E-state index is 0.0493. The van der Waals surface area contributed by atoms with E-state index in [0.29, 0.717) is 12.3 Å². The molecule has 2 aromatic heterocycles. The van der Waals surface area contributed by atoms with Crippen LogP contribution in [0.4, 0.5) is 0 Å². The summed E-state index contributed by atoms with van der Waals surface area (Å²) in [6, 6.07) is 22.0. The van der Waals surface area contributed by atoms with Crippen LogP contribution in [0.3, 0.4) is 0 Å². The second-order valence-corrected chi connectivity index (χ2v) is 8.35. The summed E-state index contributed by atoms with van der Waals surface area (Å²) in [6.07, 6.45) is 4.25. The number of nitrogens with one attached hydrogen (secondary N) is 1. The van der Waals surface area contributed by atoms with Gasteiger partial charge in [0.15, 0.2) is 0 Å². The Kier molecular flexibility index (Phi) is 7.05. The quantitative estimate of drug-likeness (QED) is 0.632. The van der Waals surface area contributed by atoms with Crippen LogP contribution in [0.1, 0.15) is 41.5 Å². The van der Waals surface area contributed by atoms with Crippen LogP contribution in [-0.4, -0.2) is 33.9 Å². The van der Waals surface area contributed by atoms with Crippen molar-refractivity contribution in [2.24, 2.45) is 5.92 Å². The molecule has 5 heteroatoms. The number of amides is 1. The summed E-state index contributed by atoms with van der Waals surface area (Å²) < 4.78 is 0. The first-order chi connectivity index (χ1) is 15.2. The van der Waals surface area contributed by atoms with Gasteiger partial charge in [0.2, 0.25) is 5.91 Å². The fourth-order valence-corrected chi connectivity index (χ4v) is 4.36. The number of aryl methyl sites for hydroxylation is 1. The molecule has 1 atom stereocenters. The number of benzene rings is 1. The number of rotatable bonds is 7. The monoisotopic (exact) mass is 414 g/mol. The van der Waals surface area contributed by atoms with Crippen LogP contribution < -0.4 is 5.32 Å². The van der Waals surface area contributed by atoms with Gasteiger partial charge in [-0.1, -0.05) is 42.5 Å². The molecule has 4 rings (SSSR count). The summed E-state index contributed by atoms with van der Waals surface area (Å²) >= 11 is 0. The van der Waals surface area contributed by atoms with Gasteiger partial charge in [-0.05, 0) is 68.6 Å². The van der Waals surface area contributed by atoms with Crippen molar-refractivity contribution in [2.75, 3.05) is 13.1 Å². The van der Waals surface area contributed by atoms with Gasteiger partial charge >= 0.3 is 0 Å². The Labute approximate surface area is 184 Å². The van der Waals surface area contributed by atoms with Gasteiger partial charge in [0.25, 0.3) is 0 Å². The zero-order valence-electron chi connectivity index (χ0n) is 18.1. The van der Waals surface area contributed by atoms with Crippen molar-refractivity contribution in [2.45, 2.75) is 38.8 Å². The number of pyridine rings is 2. The lowest BCUT2D eigenvalue weighted by Crippen LogP contribution is -2.41. The van der Waals surface area contributed by atoms with Gasteiger partial charge < -0.3 is 5.32 Å². The van der Waals surface area contributed by atoms with E-state index < -0.39 is 0 Å². The molecular formula is C26H30N4O. The summed E-state index contributed by atoms with van der Waals surface area (Å²) in [5.41, 5.74) is 4.16. The fraction of sp³-hybridized carbons (Fsp3) is 0.346. The average Bonchev–Trinajstić information content (AvgIpc) is 2.79. The van der Waals surface area contributed by atoms with Crippen molar-refractivity contribution in [1.82, 2.24) is 20.2 Å². The van der Waals surface area contributed by atoms with Crippen LogP contribution in [0.15, 0.2) is 72.9 Å². The third-order valence-corrected chi connectivity index (χ3v) is 5.97. The molecule has 1 fully saturated rings. The summed E-state index contributed by atoms with van der Waals surface area (Å²) in [7, 11) is 0. The number of piperidine rings is 1. The lowest BCUT2D eigenvalue weighted by atomic mass is 9.87. The summed E-state index contributed by atoms with van der Waals surface area (Å²) in [5, 5.41) is 3.29. The molecule has 1 N–H and O–H groups in total. The first-order valence-corrected chi connectivity index (χ1v) is 11.1. The van der Waals surface area contributed by atoms with E-state index >= 15 is 0 Å². The first-order valence-electron chi connectivity index (χ1n) is 11.1. The second-order valence-electron chi connectivity index (χ2n) is 8.35. The molecule has 31 heavy (non-hydrogen) atoms. The van der Waals surface area contributed by atoms with Gasteiger partial charge in [-0.25, -0.2) is 0 Å². The molecule has 0 aliphatic carbocycles. The molecule has 160 valence electrons. The highest BCUT2D eigenvalue weighted by Crippen LogP contribution is 2.30. The van der Waals surface area contributed by atoms with E-state index in [0.717, 1.165) is 55.1 Å². The molecule has 1 unspecified atom stereocenters. The van der Waals surface area contributed by atoms with Crippen LogP contribution >= 0.6 is 0 Å². The molecule has 1 saturated heterocycles. The van der Waals surface area contributed by atoms with E-state index in [2.05, 4.69) is 32.3 Å². The van der Waals surface area contributed by atoms with Crippen LogP contribution in [0, 0.1) is 12.8 Å². The Morgan fingerprint density at radius 2 is 1.81 bits per heavy atom. The molecule has 5 nitrogen and oxygen atoms in total. The highest BCUT2D eigenvalue weighted by atomic mass is 16.1. The zero-order valence-corrected chi connectivity index (χ0v) is 18.1. The van der Waals surface area contributed by atoms with Crippen molar-refractivity contribution in [3.05, 3.63) is 95.6 Å². The number of likely N-dealkylation sites (tertiary alicyclic amines) is 1. The van der Waals surface area contributed by atoms with Crippen molar-refractivity contribution >= 4 is 5.91 Å². The van der Waals surface area contributed by atoms with Crippen LogP contribution in [-0.2, 0) is 17.8 Å². The van der Waals surface area contributed by atoms with Gasteiger partial charge in [0.05, 0.1) is 23.9 Å². The zero-order chi connectivity index (χ0) is 21.5. The van der Waals surface area contributed by atoms with E-state index in [-0.39, 0.29) is 11.9 Å². The molecule has 3 heterocycles. The van der Waals surface area contributed by atoms with E-state index in [1.807, 2.05) is 67.7 Å². The largest absolute Gasteiger partial charge is 0.347 e. The number of nitrogens with zero attached hydrogens (tertiary/aromatic N) is 3. The molecule has 3 aromatic rings. The maximum atomic E-state index is 12.8. The van der Waals surface area contributed by atoms with Crippen molar-refractivity contribution in [3.8, 4) is 0 Å². The van der Waals surface area contributed by atoms with Crippen molar-refractivity contribution in [1.29, 1.82) is 0 Å². The average molecular weight is 415 g/mol. The van der Waals surface area contributed by atoms with Crippen molar-refractivity contribution < 1.29 is 4.79 Å². The molecular weight excluding hydrogens is 384 g/mol. The second kappa shape index (κ2) is 10.3. The summed E-state index contributed by atoms with van der Waals surface area (Å²) in [4.78, 5) is 24.5. The van der Waals surface area contributed by atoms with Gasteiger partial charge in [0, 0.05) is 18.4 Å². The lowest BCUT2D eigenvalue weighted by molar-refractivity contribution is -0.121. The molecule has 1 amide bonds. The molecule has 1 aliphatic rings. The number of carbonyl (C=O) groups is 1. The standard InChI is InChI=1S/C26H30N4O/c1-20-8-7-11-23(28-20)19-30-16-13-22(14-17-30)26(24-12-5-6-15-27-24)29-25(31)18-21-9-3-2-4-10-21/h2-12,15,22,26H,13-14,16-19H2,1H3,(H,29,31). The summed E-state index contributed by atoms with van der Waals surface area (Å²) in [5.74, 6) is 0.421. The Morgan fingerprint density at radius 3 is 2.52 bits per heavy atom. The Balaban J connectivity index is 1.40. The number of aromatic nitrogens is 2. The number of carbonyl (C=O) groups excluding carboxylic acids is 1. The van der Waals surface area contributed by atoms with Gasteiger partial charge in [-0.2, -0.15) is 0 Å². The fourth-order valence-electron chi connectivity index (χ4n) is 4.36. The molecule has 1 aliphatic heterocycles. The third-order valence-electron chi connectivity index (χ3n) is 5.97. The van der Waals surface area contributed by atoms with Crippen LogP contribution in [0.5, 0.6) is 0 Å². The predicted octanol–water partition coefficient (Wildman–Crippen LogP) is 4.10. The lowest BCUT2D eigenvalue weighted by Gasteiger charge is -2.36. The minimum Gasteiger partial charge on any atom is -0.347 e. The van der Waals surface area contributed by atoms with Crippen molar-refractivity contribution in [3.63, 3.8) is 0 Å². The van der Waals surface area contributed by atoms with E-state index in [9.17, 15) is 4.79 Å². The molecule has 1 aromatic carbocycles.